The molecule has 0 N–H and O–H groups in total. The maximum atomic E-state index is 10.7. The Kier molecular flexibility index (Phi) is 6.46. The highest BCUT2D eigenvalue weighted by Crippen LogP contribution is 1.92. The second-order valence-corrected chi connectivity index (χ2v) is 2.40. The average Bonchev–Trinajstić information content (AvgIpc) is 2.12. The first-order chi connectivity index (χ1) is 6.20. The molecular weight excluding hydrogens is 168 g/mol. The van der Waals surface area contributed by atoms with Gasteiger partial charge in [0.25, 0.3) is 0 Å². The van der Waals surface area contributed by atoms with E-state index in [-0.39, 0.29) is 0 Å². The summed E-state index contributed by atoms with van der Waals surface area (Å²) in [6, 6.07) is 2.49. The first kappa shape index (κ1) is 11.6. The van der Waals surface area contributed by atoms with Gasteiger partial charge >= 0.3 is 5.97 Å². The quantitative estimate of drug-likeness (QED) is 0.377. The molecule has 0 bridgehead atoms. The molecule has 13 heavy (non-hydrogen) atoms. The van der Waals surface area contributed by atoms with E-state index in [1.807, 2.05) is 6.92 Å². The number of allylic oxidation sites excluding steroid dienone is 1. The summed E-state index contributed by atoms with van der Waals surface area (Å²) < 4.78 is 4.41. The topological polar surface area (TPSA) is 51.0 Å². The summed E-state index contributed by atoms with van der Waals surface area (Å²) in [6.45, 7) is 4.41. The van der Waals surface area contributed by atoms with Crippen molar-refractivity contribution in [2.45, 2.75) is 20.3 Å². The molecule has 0 saturated carbocycles. The van der Waals surface area contributed by atoms with E-state index in [0.29, 0.717) is 12.2 Å². The number of ether oxygens (including phenoxy) is 1. The van der Waals surface area contributed by atoms with Gasteiger partial charge in [-0.1, -0.05) is 6.92 Å². The Hall–Kier alpha value is -1.41. The molecule has 0 aliphatic rings. The van der Waals surface area contributed by atoms with Gasteiger partial charge in [-0.05, 0) is 13.3 Å². The molecule has 0 amide bonds. The smallest absolute Gasteiger partial charge is 0.332 e. The SMILES string of the molecule is CCCN=C=N/C(C)=C\C(=O)OC. The molecule has 0 aromatic heterocycles. The molecule has 0 radical (unpaired) electrons. The summed E-state index contributed by atoms with van der Waals surface area (Å²) in [5.41, 5.74) is 0.534. The fraction of sp³-hybridized carbons (Fsp3) is 0.556. The van der Waals surface area contributed by atoms with Crippen LogP contribution in [0.15, 0.2) is 21.8 Å². The van der Waals surface area contributed by atoms with Gasteiger partial charge in [-0.3, -0.25) is 0 Å². The summed E-state index contributed by atoms with van der Waals surface area (Å²) in [5, 5.41) is 0. The highest BCUT2D eigenvalue weighted by molar-refractivity contribution is 5.82. The lowest BCUT2D eigenvalue weighted by molar-refractivity contribution is -0.134. The lowest BCUT2D eigenvalue weighted by Crippen LogP contribution is -1.94. The monoisotopic (exact) mass is 182 g/mol. The highest BCUT2D eigenvalue weighted by Gasteiger charge is 1.92. The minimum atomic E-state index is -0.418. The summed E-state index contributed by atoms with van der Waals surface area (Å²) in [6.07, 6.45) is 2.25. The normalized spacial score (nSPS) is 10.2. The van der Waals surface area contributed by atoms with Crippen molar-refractivity contribution < 1.29 is 9.53 Å². The van der Waals surface area contributed by atoms with E-state index in [1.165, 1.54) is 13.2 Å². The van der Waals surface area contributed by atoms with Gasteiger partial charge in [-0.25, -0.2) is 9.79 Å². The molecule has 0 saturated heterocycles. The Morgan fingerprint density at radius 2 is 2.31 bits per heavy atom. The van der Waals surface area contributed by atoms with Crippen molar-refractivity contribution in [3.05, 3.63) is 11.8 Å². The zero-order chi connectivity index (χ0) is 10.1. The van der Waals surface area contributed by atoms with Gasteiger partial charge in [0.2, 0.25) is 0 Å². The van der Waals surface area contributed by atoms with Crippen molar-refractivity contribution in [1.29, 1.82) is 0 Å². The van der Waals surface area contributed by atoms with Gasteiger partial charge in [-0.2, -0.15) is 4.99 Å². The van der Waals surface area contributed by atoms with Crippen LogP contribution in [0, 0.1) is 0 Å². The van der Waals surface area contributed by atoms with E-state index in [2.05, 4.69) is 20.7 Å². The lowest BCUT2D eigenvalue weighted by Gasteiger charge is -1.89. The number of hydrogen-bond donors (Lipinski definition) is 0. The Morgan fingerprint density at radius 3 is 2.85 bits per heavy atom. The summed E-state index contributed by atoms with van der Waals surface area (Å²) >= 11 is 0. The third-order valence-electron chi connectivity index (χ3n) is 1.16. The van der Waals surface area contributed by atoms with Crippen molar-refractivity contribution >= 4 is 12.0 Å². The van der Waals surface area contributed by atoms with Crippen LogP contribution in [0.2, 0.25) is 0 Å². The van der Waals surface area contributed by atoms with Crippen LogP contribution in [-0.2, 0) is 9.53 Å². The Balaban J connectivity index is 4.12. The van der Waals surface area contributed by atoms with Gasteiger partial charge in [0.05, 0.1) is 18.8 Å². The first-order valence-corrected chi connectivity index (χ1v) is 4.09. The average molecular weight is 182 g/mol. The molecule has 0 aromatic rings. The zero-order valence-corrected chi connectivity index (χ0v) is 8.20. The molecular formula is C9H14N2O2. The molecule has 0 rings (SSSR count). The molecule has 0 atom stereocenters. The third-order valence-corrected chi connectivity index (χ3v) is 1.16. The van der Waals surface area contributed by atoms with Crippen LogP contribution in [-0.4, -0.2) is 25.6 Å². The number of aliphatic imine (C=N–C) groups is 2. The molecule has 0 unspecified atom stereocenters. The molecule has 4 heteroatoms. The van der Waals surface area contributed by atoms with Crippen molar-refractivity contribution in [2.75, 3.05) is 13.7 Å². The van der Waals surface area contributed by atoms with Crippen LogP contribution >= 0.6 is 0 Å². The van der Waals surface area contributed by atoms with Crippen molar-refractivity contribution in [3.63, 3.8) is 0 Å². The molecule has 0 aliphatic carbocycles. The third kappa shape index (κ3) is 6.97. The van der Waals surface area contributed by atoms with Crippen molar-refractivity contribution in [3.8, 4) is 0 Å². The van der Waals surface area contributed by atoms with E-state index < -0.39 is 5.97 Å². The molecule has 0 heterocycles. The lowest BCUT2D eigenvalue weighted by atomic mass is 10.4. The van der Waals surface area contributed by atoms with E-state index in [0.717, 1.165) is 6.42 Å². The van der Waals surface area contributed by atoms with Crippen LogP contribution in [0.3, 0.4) is 0 Å². The van der Waals surface area contributed by atoms with E-state index >= 15 is 0 Å². The number of carbonyl (C=O) groups is 1. The van der Waals surface area contributed by atoms with Crippen LogP contribution in [0.1, 0.15) is 20.3 Å². The first-order valence-electron chi connectivity index (χ1n) is 4.09. The van der Waals surface area contributed by atoms with Crippen LogP contribution in [0.25, 0.3) is 0 Å². The maximum absolute atomic E-state index is 10.7. The van der Waals surface area contributed by atoms with Crippen LogP contribution in [0.4, 0.5) is 0 Å². The number of methoxy groups -OCH3 is 1. The number of nitrogens with zero attached hydrogens (tertiary/aromatic N) is 2. The number of esters is 1. The van der Waals surface area contributed by atoms with Gasteiger partial charge in [-0.15, -0.1) is 0 Å². The van der Waals surface area contributed by atoms with Gasteiger partial charge < -0.3 is 4.74 Å². The Morgan fingerprint density at radius 1 is 1.62 bits per heavy atom. The molecule has 0 aromatic carbocycles. The second-order valence-electron chi connectivity index (χ2n) is 2.40. The molecule has 0 aliphatic heterocycles. The molecule has 72 valence electrons. The fourth-order valence-corrected chi connectivity index (χ4v) is 0.538. The van der Waals surface area contributed by atoms with E-state index in [4.69, 9.17) is 0 Å². The summed E-state index contributed by atoms with van der Waals surface area (Å²) in [4.78, 5) is 18.3. The molecule has 0 spiro atoms. The predicted molar refractivity (Wildman–Crippen MR) is 50.8 cm³/mol. The number of hydrogen-bond acceptors (Lipinski definition) is 4. The van der Waals surface area contributed by atoms with Crippen molar-refractivity contribution in [1.82, 2.24) is 0 Å². The maximum Gasteiger partial charge on any atom is 0.332 e. The highest BCUT2D eigenvalue weighted by atomic mass is 16.5. The summed E-state index contributed by atoms with van der Waals surface area (Å²) in [7, 11) is 1.32. The van der Waals surface area contributed by atoms with Crippen LogP contribution < -0.4 is 0 Å². The van der Waals surface area contributed by atoms with Crippen molar-refractivity contribution in [2.24, 2.45) is 9.98 Å². The van der Waals surface area contributed by atoms with Gasteiger partial charge in [0.1, 0.15) is 0 Å². The predicted octanol–water partition coefficient (Wildman–Crippen LogP) is 1.65. The van der Waals surface area contributed by atoms with E-state index in [9.17, 15) is 4.79 Å². The molecule has 0 fully saturated rings. The summed E-state index contributed by atoms with van der Waals surface area (Å²) in [5.74, 6) is -0.418. The number of rotatable bonds is 4. The number of carbonyl (C=O) groups excluding carboxylic acids is 1. The van der Waals surface area contributed by atoms with E-state index in [1.54, 1.807) is 6.92 Å². The minimum absolute atomic E-state index is 0.418. The Labute approximate surface area is 78.0 Å². The zero-order valence-electron chi connectivity index (χ0n) is 8.20. The largest absolute Gasteiger partial charge is 0.466 e. The molecule has 4 nitrogen and oxygen atoms in total. The standard InChI is InChI=1S/C9H14N2O2/c1-4-5-10-7-11-8(2)6-9(12)13-3/h6H,4-5H2,1-3H3/b8-6-. The minimum Gasteiger partial charge on any atom is -0.466 e. The second kappa shape index (κ2) is 7.25. The Bertz CT molecular complexity index is 250. The van der Waals surface area contributed by atoms with Crippen LogP contribution in [0.5, 0.6) is 0 Å². The van der Waals surface area contributed by atoms with Gasteiger partial charge in [0, 0.05) is 12.6 Å². The fourth-order valence-electron chi connectivity index (χ4n) is 0.538. The van der Waals surface area contributed by atoms with Gasteiger partial charge in [0.15, 0.2) is 0 Å².